The maximum absolute atomic E-state index is 14.2. The summed E-state index contributed by atoms with van der Waals surface area (Å²) in [5.41, 5.74) is 3.21. The molecule has 3 amide bonds. The molecule has 1 saturated carbocycles. The summed E-state index contributed by atoms with van der Waals surface area (Å²) in [6, 6.07) is 18.1. The van der Waals surface area contributed by atoms with Crippen molar-refractivity contribution in [1.29, 1.82) is 0 Å². The van der Waals surface area contributed by atoms with Crippen molar-refractivity contribution in [2.24, 2.45) is 17.0 Å². The van der Waals surface area contributed by atoms with Gasteiger partial charge in [0.25, 0.3) is 5.91 Å². The largest absolute Gasteiger partial charge is 0.479 e. The Morgan fingerprint density at radius 3 is 2.16 bits per heavy atom. The first-order valence-corrected chi connectivity index (χ1v) is 16.1. The van der Waals surface area contributed by atoms with Crippen LogP contribution in [0.1, 0.15) is 43.4 Å². The number of nitrogens with one attached hydrogen (secondary N) is 1. The Labute approximate surface area is 282 Å². The summed E-state index contributed by atoms with van der Waals surface area (Å²) in [5, 5.41) is 28.5. The molecule has 3 aromatic carbocycles. The minimum atomic E-state index is -1.55. The van der Waals surface area contributed by atoms with Gasteiger partial charge in [-0.1, -0.05) is 85.7 Å². The molecule has 49 heavy (non-hydrogen) atoms. The van der Waals surface area contributed by atoms with Crippen molar-refractivity contribution in [3.63, 3.8) is 0 Å². The quantitative estimate of drug-likeness (QED) is 0.123. The summed E-state index contributed by atoms with van der Waals surface area (Å²) in [5.74, 6) is -5.00. The SMILES string of the molecule is C=C[C@@H]1C[C@@]1(NC(=O)[C@@H]1C[C@@H](ON=C2c3ccccc3-c3ccccc32)CN1C(=O)[C@@H](C(C)C)N(O)C(=O)Cc1ccc(F)cc1)C(=O)O. The highest BCUT2D eigenvalue weighted by molar-refractivity contribution is 6.24. The zero-order valence-electron chi connectivity index (χ0n) is 27.1. The van der Waals surface area contributed by atoms with Crippen LogP contribution in [-0.2, 0) is 30.4 Å². The maximum atomic E-state index is 14.2. The minimum Gasteiger partial charge on any atom is -0.479 e. The van der Waals surface area contributed by atoms with E-state index in [0.717, 1.165) is 22.3 Å². The molecule has 1 aliphatic heterocycles. The van der Waals surface area contributed by atoms with Crippen molar-refractivity contribution in [2.45, 2.75) is 56.8 Å². The zero-order valence-corrected chi connectivity index (χ0v) is 27.1. The number of nitrogens with zero attached hydrogens (tertiary/aromatic N) is 3. The molecular formula is C37H37FN4O7. The highest BCUT2D eigenvalue weighted by atomic mass is 19.1. The smallest absolute Gasteiger partial charge is 0.330 e. The molecule has 254 valence electrons. The van der Waals surface area contributed by atoms with Gasteiger partial charge >= 0.3 is 5.97 Å². The van der Waals surface area contributed by atoms with Crippen LogP contribution in [0.2, 0.25) is 0 Å². The molecule has 5 atom stereocenters. The number of rotatable bonds is 11. The van der Waals surface area contributed by atoms with Gasteiger partial charge in [-0.25, -0.2) is 14.2 Å². The van der Waals surface area contributed by atoms with Gasteiger partial charge in [0.1, 0.15) is 35.3 Å². The molecule has 0 unspecified atom stereocenters. The lowest BCUT2D eigenvalue weighted by Gasteiger charge is -2.34. The van der Waals surface area contributed by atoms with Gasteiger partial charge in [0, 0.05) is 23.5 Å². The van der Waals surface area contributed by atoms with E-state index in [0.29, 0.717) is 16.3 Å². The van der Waals surface area contributed by atoms with E-state index in [4.69, 9.17) is 4.84 Å². The molecule has 2 fully saturated rings. The van der Waals surface area contributed by atoms with E-state index in [2.05, 4.69) is 17.1 Å². The number of benzene rings is 3. The van der Waals surface area contributed by atoms with Crippen molar-refractivity contribution in [1.82, 2.24) is 15.3 Å². The van der Waals surface area contributed by atoms with Crippen LogP contribution in [0, 0.1) is 17.7 Å². The number of aliphatic carboxylic acids is 1. The molecule has 1 heterocycles. The fourth-order valence-corrected chi connectivity index (χ4v) is 6.76. The summed E-state index contributed by atoms with van der Waals surface area (Å²) in [4.78, 5) is 60.6. The van der Waals surface area contributed by atoms with E-state index in [1.54, 1.807) is 13.8 Å². The van der Waals surface area contributed by atoms with Gasteiger partial charge in [-0.2, -0.15) is 0 Å². The molecule has 11 nitrogen and oxygen atoms in total. The molecule has 3 N–H and O–H groups in total. The normalized spacial score (nSPS) is 22.5. The number of halogens is 1. The minimum absolute atomic E-state index is 0.0220. The average molecular weight is 669 g/mol. The monoisotopic (exact) mass is 668 g/mol. The number of carboxylic acid groups (broad SMARTS) is 1. The van der Waals surface area contributed by atoms with E-state index < -0.39 is 65.1 Å². The van der Waals surface area contributed by atoms with Gasteiger partial charge in [0.05, 0.1) is 13.0 Å². The Balaban J connectivity index is 1.27. The highest BCUT2D eigenvalue weighted by Gasteiger charge is 2.61. The molecule has 0 spiro atoms. The first-order valence-electron chi connectivity index (χ1n) is 16.1. The molecule has 3 aromatic rings. The number of fused-ring (bicyclic) bond motifs is 3. The third kappa shape index (κ3) is 6.31. The molecule has 3 aliphatic rings. The third-order valence-electron chi connectivity index (χ3n) is 9.50. The second-order valence-corrected chi connectivity index (χ2v) is 13.0. The Hall–Kier alpha value is -5.36. The van der Waals surface area contributed by atoms with Crippen molar-refractivity contribution in [3.8, 4) is 11.1 Å². The van der Waals surface area contributed by atoms with E-state index in [9.17, 15) is 33.9 Å². The number of oxime groups is 1. The predicted octanol–water partition coefficient (Wildman–Crippen LogP) is 4.18. The first-order chi connectivity index (χ1) is 23.4. The summed E-state index contributed by atoms with van der Waals surface area (Å²) < 4.78 is 13.4. The number of hydrogen-bond donors (Lipinski definition) is 3. The van der Waals surface area contributed by atoms with Crippen molar-refractivity contribution >= 4 is 29.4 Å². The number of carbonyl (C=O) groups excluding carboxylic acids is 3. The van der Waals surface area contributed by atoms with Crippen molar-refractivity contribution in [3.05, 3.63) is 108 Å². The van der Waals surface area contributed by atoms with E-state index in [-0.39, 0.29) is 25.8 Å². The van der Waals surface area contributed by atoms with E-state index in [1.165, 1.54) is 35.2 Å². The van der Waals surface area contributed by atoms with Crippen LogP contribution in [-0.4, -0.2) is 80.0 Å². The molecule has 12 heteroatoms. The van der Waals surface area contributed by atoms with Gasteiger partial charge in [-0.05, 0) is 41.2 Å². The first kappa shape index (κ1) is 33.5. The van der Waals surface area contributed by atoms with Gasteiger partial charge in [0.2, 0.25) is 11.8 Å². The second-order valence-electron chi connectivity index (χ2n) is 13.0. The third-order valence-corrected chi connectivity index (χ3v) is 9.50. The van der Waals surface area contributed by atoms with Gasteiger partial charge in [0.15, 0.2) is 0 Å². The maximum Gasteiger partial charge on any atom is 0.330 e. The Morgan fingerprint density at radius 1 is 1.04 bits per heavy atom. The van der Waals surface area contributed by atoms with Crippen molar-refractivity contribution < 1.29 is 38.7 Å². The van der Waals surface area contributed by atoms with Crippen LogP contribution in [0.4, 0.5) is 4.39 Å². The number of likely N-dealkylation sites (tertiary alicyclic amines) is 1. The molecule has 1 saturated heterocycles. The number of carboxylic acids is 1. The number of amides is 3. The lowest BCUT2D eigenvalue weighted by molar-refractivity contribution is -0.187. The summed E-state index contributed by atoms with van der Waals surface area (Å²) in [6.07, 6.45) is 0.522. The van der Waals surface area contributed by atoms with Gasteiger partial charge in [-0.15, -0.1) is 6.58 Å². The summed E-state index contributed by atoms with van der Waals surface area (Å²) in [7, 11) is 0. The topological polar surface area (TPSA) is 149 Å². The molecule has 2 aliphatic carbocycles. The second kappa shape index (κ2) is 13.3. The van der Waals surface area contributed by atoms with Gasteiger partial charge < -0.3 is 20.2 Å². The van der Waals surface area contributed by atoms with E-state index in [1.807, 2.05) is 48.5 Å². The van der Waals surface area contributed by atoms with Crippen LogP contribution in [0.5, 0.6) is 0 Å². The molecule has 6 rings (SSSR count). The Bertz CT molecular complexity index is 1800. The van der Waals surface area contributed by atoms with Crippen LogP contribution in [0.25, 0.3) is 11.1 Å². The molecular weight excluding hydrogens is 631 g/mol. The lowest BCUT2D eigenvalue weighted by atomic mass is 10.0. The number of carbonyl (C=O) groups is 4. The fraction of sp³-hybridized carbons (Fsp3) is 0.324. The Morgan fingerprint density at radius 2 is 1.63 bits per heavy atom. The standard InChI is InChI=1S/C37H37FN4O7/c1-4-23-19-37(23,36(46)47)39-34(44)30-18-25(49-40-32-28-11-7-5-9-26(28)27-10-6-8-12-29(27)32)20-41(30)35(45)33(21(2)3)42(48)31(43)17-22-13-15-24(38)16-14-22/h4-16,21,23,25,30,33,48H,1,17-20H2,2-3H3,(H,39,44)(H,46,47)/t23-,25-,30+,33-,37+/m1/s1. The Kier molecular flexibility index (Phi) is 9.08. The van der Waals surface area contributed by atoms with Crippen molar-refractivity contribution in [2.75, 3.05) is 6.54 Å². The predicted molar refractivity (Wildman–Crippen MR) is 177 cm³/mol. The van der Waals surface area contributed by atoms with Crippen LogP contribution in [0.3, 0.4) is 0 Å². The van der Waals surface area contributed by atoms with Gasteiger partial charge in [-0.3, -0.25) is 19.6 Å². The fourth-order valence-electron chi connectivity index (χ4n) is 6.76. The highest BCUT2D eigenvalue weighted by Crippen LogP contribution is 2.45. The molecule has 0 radical (unpaired) electrons. The number of hydrogen-bond acceptors (Lipinski definition) is 7. The molecule has 0 aromatic heterocycles. The lowest BCUT2D eigenvalue weighted by Crippen LogP contribution is -2.58. The van der Waals surface area contributed by atoms with Crippen LogP contribution in [0.15, 0.2) is 90.6 Å². The van der Waals surface area contributed by atoms with Crippen LogP contribution < -0.4 is 5.32 Å². The number of hydroxylamine groups is 2. The van der Waals surface area contributed by atoms with E-state index >= 15 is 0 Å². The van der Waals surface area contributed by atoms with Crippen LogP contribution >= 0.6 is 0 Å². The molecule has 0 bridgehead atoms. The average Bonchev–Trinajstić information content (AvgIpc) is 3.48. The zero-order chi connectivity index (χ0) is 35.0. The summed E-state index contributed by atoms with van der Waals surface area (Å²) in [6.45, 7) is 6.85. The summed E-state index contributed by atoms with van der Waals surface area (Å²) >= 11 is 0.